The van der Waals surface area contributed by atoms with E-state index in [0.29, 0.717) is 0 Å². The molecule has 0 amide bonds. The van der Waals surface area contributed by atoms with E-state index >= 15 is 0 Å². The van der Waals surface area contributed by atoms with Crippen LogP contribution >= 0.6 is 0 Å². The first-order valence-electron chi connectivity index (χ1n) is 6.16. The number of nitrogens with one attached hydrogen (secondary N) is 2. The van der Waals surface area contributed by atoms with E-state index in [9.17, 15) is 0 Å². The summed E-state index contributed by atoms with van der Waals surface area (Å²) in [4.78, 5) is 0. The maximum absolute atomic E-state index is 4.25. The van der Waals surface area contributed by atoms with Crippen molar-refractivity contribution < 1.29 is 0 Å². The Labute approximate surface area is 97.4 Å². The molecule has 0 radical (unpaired) electrons. The Morgan fingerprint density at radius 3 is 2.88 bits per heavy atom. The van der Waals surface area contributed by atoms with Crippen molar-refractivity contribution in [1.29, 1.82) is 0 Å². The van der Waals surface area contributed by atoms with Crippen LogP contribution in [0.15, 0.2) is 6.20 Å². The molecule has 16 heavy (non-hydrogen) atoms. The molecule has 0 bridgehead atoms. The molecule has 2 N–H and O–H groups in total. The third-order valence-electron chi connectivity index (χ3n) is 3.54. The zero-order valence-electron chi connectivity index (χ0n) is 10.3. The molecule has 1 aliphatic rings. The van der Waals surface area contributed by atoms with Gasteiger partial charge in [-0.1, -0.05) is 0 Å². The Bertz CT molecular complexity index is 326. The summed E-state index contributed by atoms with van der Waals surface area (Å²) in [5, 5.41) is 11.2. The second-order valence-electron chi connectivity index (χ2n) is 4.70. The van der Waals surface area contributed by atoms with Crippen LogP contribution in [-0.2, 0) is 13.6 Å². The summed E-state index contributed by atoms with van der Waals surface area (Å²) in [5.74, 6) is 0.846. The average Bonchev–Trinajstić information content (AvgIpc) is 2.62. The topological polar surface area (TPSA) is 41.9 Å². The fourth-order valence-electron chi connectivity index (χ4n) is 2.21. The molecule has 90 valence electrons. The van der Waals surface area contributed by atoms with E-state index < -0.39 is 0 Å². The standard InChI is InChI=1S/C12H22N4/c1-10-12(9-15-16(10)2)8-14-7-11-3-5-13-6-4-11/h9,11,13-14H,3-8H2,1-2H3. The van der Waals surface area contributed by atoms with Crippen molar-refractivity contribution >= 4 is 0 Å². The minimum Gasteiger partial charge on any atom is -0.317 e. The lowest BCUT2D eigenvalue weighted by molar-refractivity contribution is 0.356. The highest BCUT2D eigenvalue weighted by molar-refractivity contribution is 5.15. The molecule has 1 fully saturated rings. The SMILES string of the molecule is Cc1c(CNCC2CCNCC2)cnn1C. The maximum Gasteiger partial charge on any atom is 0.0537 e. The van der Waals surface area contributed by atoms with Gasteiger partial charge in [-0.25, -0.2) is 0 Å². The number of rotatable bonds is 4. The Balaban J connectivity index is 1.73. The summed E-state index contributed by atoms with van der Waals surface area (Å²) in [6.45, 7) is 6.56. The molecule has 0 aliphatic carbocycles. The molecule has 4 nitrogen and oxygen atoms in total. The third-order valence-corrected chi connectivity index (χ3v) is 3.54. The molecule has 4 heteroatoms. The van der Waals surface area contributed by atoms with Crippen molar-refractivity contribution in [1.82, 2.24) is 20.4 Å². The Kier molecular flexibility index (Phi) is 3.96. The van der Waals surface area contributed by atoms with Crippen LogP contribution < -0.4 is 10.6 Å². The molecular weight excluding hydrogens is 200 g/mol. The van der Waals surface area contributed by atoms with Gasteiger partial charge in [-0.15, -0.1) is 0 Å². The van der Waals surface area contributed by atoms with E-state index in [-0.39, 0.29) is 0 Å². The van der Waals surface area contributed by atoms with Crippen molar-refractivity contribution in [3.8, 4) is 0 Å². The summed E-state index contributed by atoms with van der Waals surface area (Å²) in [7, 11) is 1.99. The molecule has 1 aromatic heterocycles. The van der Waals surface area contributed by atoms with Gasteiger partial charge >= 0.3 is 0 Å². The number of aryl methyl sites for hydroxylation is 1. The lowest BCUT2D eigenvalue weighted by Crippen LogP contribution is -2.33. The van der Waals surface area contributed by atoms with Crippen LogP contribution in [0.3, 0.4) is 0 Å². The van der Waals surface area contributed by atoms with E-state index in [2.05, 4.69) is 22.7 Å². The average molecular weight is 222 g/mol. The van der Waals surface area contributed by atoms with Gasteiger partial charge in [-0.05, 0) is 45.3 Å². The van der Waals surface area contributed by atoms with Crippen molar-refractivity contribution in [3.05, 3.63) is 17.5 Å². The number of hydrogen-bond donors (Lipinski definition) is 2. The first-order chi connectivity index (χ1) is 7.77. The molecule has 1 aliphatic heterocycles. The number of nitrogens with zero attached hydrogens (tertiary/aromatic N) is 2. The van der Waals surface area contributed by atoms with Crippen LogP contribution in [-0.4, -0.2) is 29.4 Å². The van der Waals surface area contributed by atoms with Gasteiger partial charge in [0.05, 0.1) is 6.20 Å². The summed E-state index contributed by atoms with van der Waals surface area (Å²) in [6, 6.07) is 0. The fraction of sp³-hybridized carbons (Fsp3) is 0.750. The van der Waals surface area contributed by atoms with Gasteiger partial charge in [-0.2, -0.15) is 5.10 Å². The third kappa shape index (κ3) is 2.83. The predicted molar refractivity (Wildman–Crippen MR) is 65.2 cm³/mol. The molecule has 0 saturated carbocycles. The van der Waals surface area contributed by atoms with Crippen molar-refractivity contribution in [2.45, 2.75) is 26.3 Å². The highest BCUT2D eigenvalue weighted by Crippen LogP contribution is 2.11. The van der Waals surface area contributed by atoms with Gasteiger partial charge in [0.15, 0.2) is 0 Å². The zero-order valence-corrected chi connectivity index (χ0v) is 10.3. The minimum atomic E-state index is 0.846. The molecule has 0 aromatic carbocycles. The minimum absolute atomic E-state index is 0.846. The van der Waals surface area contributed by atoms with E-state index in [4.69, 9.17) is 0 Å². The number of piperidine rings is 1. The van der Waals surface area contributed by atoms with Gasteiger partial charge in [0, 0.05) is 24.8 Å². The highest BCUT2D eigenvalue weighted by Gasteiger charge is 2.12. The second kappa shape index (κ2) is 5.46. The quantitative estimate of drug-likeness (QED) is 0.792. The lowest BCUT2D eigenvalue weighted by atomic mass is 9.98. The zero-order chi connectivity index (χ0) is 11.4. The summed E-state index contributed by atoms with van der Waals surface area (Å²) >= 11 is 0. The Morgan fingerprint density at radius 1 is 1.50 bits per heavy atom. The van der Waals surface area contributed by atoms with Gasteiger partial charge in [-0.3, -0.25) is 4.68 Å². The Morgan fingerprint density at radius 2 is 2.25 bits per heavy atom. The van der Waals surface area contributed by atoms with E-state index in [1.54, 1.807) is 0 Å². The molecular formula is C12H22N4. The van der Waals surface area contributed by atoms with Crippen LogP contribution in [0, 0.1) is 12.8 Å². The summed E-state index contributed by atoms with van der Waals surface area (Å²) < 4.78 is 1.93. The molecule has 0 atom stereocenters. The molecule has 0 spiro atoms. The lowest BCUT2D eigenvalue weighted by Gasteiger charge is -2.22. The molecule has 2 rings (SSSR count). The van der Waals surface area contributed by atoms with Gasteiger partial charge in [0.1, 0.15) is 0 Å². The largest absolute Gasteiger partial charge is 0.317 e. The van der Waals surface area contributed by atoms with E-state index in [1.807, 2.05) is 17.9 Å². The summed E-state index contributed by atoms with van der Waals surface area (Å²) in [5.41, 5.74) is 2.58. The monoisotopic (exact) mass is 222 g/mol. The first-order valence-corrected chi connectivity index (χ1v) is 6.16. The summed E-state index contributed by atoms with van der Waals surface area (Å²) in [6.07, 6.45) is 4.57. The van der Waals surface area contributed by atoms with Crippen LogP contribution in [0.25, 0.3) is 0 Å². The number of aromatic nitrogens is 2. The highest BCUT2D eigenvalue weighted by atomic mass is 15.3. The predicted octanol–water partition coefficient (Wildman–Crippen LogP) is 0.818. The van der Waals surface area contributed by atoms with E-state index in [0.717, 1.165) is 19.0 Å². The van der Waals surface area contributed by atoms with Crippen LogP contribution in [0.5, 0.6) is 0 Å². The molecule has 1 aromatic rings. The molecule has 2 heterocycles. The fourth-order valence-corrected chi connectivity index (χ4v) is 2.21. The van der Waals surface area contributed by atoms with Gasteiger partial charge in [0.2, 0.25) is 0 Å². The maximum atomic E-state index is 4.25. The smallest absolute Gasteiger partial charge is 0.0537 e. The van der Waals surface area contributed by atoms with Gasteiger partial charge in [0.25, 0.3) is 0 Å². The first kappa shape index (κ1) is 11.6. The Hall–Kier alpha value is -0.870. The second-order valence-corrected chi connectivity index (χ2v) is 4.70. The van der Waals surface area contributed by atoms with Crippen LogP contribution in [0.1, 0.15) is 24.1 Å². The van der Waals surface area contributed by atoms with Crippen molar-refractivity contribution in [2.24, 2.45) is 13.0 Å². The molecule has 1 saturated heterocycles. The van der Waals surface area contributed by atoms with Crippen LogP contribution in [0.4, 0.5) is 0 Å². The van der Waals surface area contributed by atoms with Crippen molar-refractivity contribution in [3.63, 3.8) is 0 Å². The number of hydrogen-bond acceptors (Lipinski definition) is 3. The molecule has 0 unspecified atom stereocenters. The van der Waals surface area contributed by atoms with Crippen LogP contribution in [0.2, 0.25) is 0 Å². The van der Waals surface area contributed by atoms with Gasteiger partial charge < -0.3 is 10.6 Å². The normalized spacial score (nSPS) is 17.9. The van der Waals surface area contributed by atoms with E-state index in [1.165, 1.54) is 37.2 Å². The van der Waals surface area contributed by atoms with Crippen molar-refractivity contribution in [2.75, 3.05) is 19.6 Å².